The lowest BCUT2D eigenvalue weighted by atomic mass is 9.86. The van der Waals surface area contributed by atoms with Gasteiger partial charge in [0.1, 0.15) is 26.4 Å². The molecule has 0 N–H and O–H groups in total. The van der Waals surface area contributed by atoms with Crippen molar-refractivity contribution in [2.45, 2.75) is 217 Å². The van der Waals surface area contributed by atoms with Gasteiger partial charge in [-0.05, 0) is 78.6 Å². The lowest BCUT2D eigenvalue weighted by molar-refractivity contribution is -0.157. The molecular weight excluding hydrogens is 1110 g/mol. The Morgan fingerprint density at radius 2 is 0.726 bits per heavy atom. The maximum absolute atomic E-state index is 13.6. The first-order chi connectivity index (χ1) is 40.5. The van der Waals surface area contributed by atoms with Crippen molar-refractivity contribution in [1.29, 1.82) is 0 Å². The number of rotatable bonds is 60. The van der Waals surface area contributed by atoms with Gasteiger partial charge in [0.15, 0.2) is 0 Å². The SMILES string of the molecule is CCCCCCCCS(=O)(=O)N(CCCC)CCOC(=O)C(C)CC(CC(CC)C(=O)OCCOCC(C)OCCOC(=O)C(C)CC)C(=O)OCCOCC(C)OCCOCCCC.CCCCOCCOCC(C)OCCOCCCC. The Bertz CT molecular complexity index is 1630. The highest BCUT2D eigenvalue weighted by molar-refractivity contribution is 7.89. The van der Waals surface area contributed by atoms with Crippen LogP contribution in [-0.4, -0.2) is 199 Å². The number of unbranched alkanes of at least 4 members (excludes halogenated alkanes) is 9. The molecule has 0 aromatic rings. The Labute approximate surface area is 510 Å². The minimum atomic E-state index is -3.52. The molecule has 0 aromatic heterocycles. The zero-order chi connectivity index (χ0) is 62.9. The summed E-state index contributed by atoms with van der Waals surface area (Å²) < 4.78 is 99.9. The molecule has 0 aromatic carbocycles. The Balaban J connectivity index is 0. The van der Waals surface area contributed by atoms with Crippen LogP contribution in [-0.2, 0) is 90.8 Å². The van der Waals surface area contributed by atoms with E-state index in [0.29, 0.717) is 91.7 Å². The molecule has 0 radical (unpaired) electrons. The molecule has 0 rings (SSSR count). The quantitative estimate of drug-likeness (QED) is 0.0313. The second-order valence-electron chi connectivity index (χ2n) is 21.7. The molecule has 0 aliphatic heterocycles. The minimum absolute atomic E-state index is 0.0122. The summed E-state index contributed by atoms with van der Waals surface area (Å²) in [6.07, 6.45) is 14.8. The van der Waals surface area contributed by atoms with Crippen LogP contribution in [0.3, 0.4) is 0 Å². The zero-order valence-electron chi connectivity index (χ0n) is 54.9. The van der Waals surface area contributed by atoms with E-state index in [1.165, 1.54) is 17.1 Å². The number of hydrogen-bond acceptors (Lipinski definition) is 19. The van der Waals surface area contributed by atoms with Gasteiger partial charge in [0.25, 0.3) is 0 Å². The standard InChI is InChI=1S/C48H91NO15S.C15H32O4/c1-10-15-18-19-20-21-34-65(54,55)49(22-16-11-2)23-25-61-46(51)40(7)35-44(48(53)64-31-28-58-37-41(8)59-29-26-56-24-17-12-3)36-43(14-5)47(52)63-30-27-57-38-42(9)60-32-33-62-45(50)39(6)13-4;1-4-6-8-16-10-11-18-14-15(3)19-13-12-17-9-7-5-2/h39-44H,10-38H2,1-9H3;15H,4-14H2,1-3H3. The van der Waals surface area contributed by atoms with E-state index in [9.17, 15) is 27.6 Å². The highest BCUT2D eigenvalue weighted by Gasteiger charge is 2.32. The Kier molecular flexibility index (Phi) is 59.0. The van der Waals surface area contributed by atoms with Gasteiger partial charge in [0.2, 0.25) is 10.0 Å². The van der Waals surface area contributed by atoms with Crippen LogP contribution >= 0.6 is 0 Å². The molecule has 0 amide bonds. The Morgan fingerprint density at radius 3 is 1.20 bits per heavy atom. The summed E-state index contributed by atoms with van der Waals surface area (Å²) in [5, 5.41) is 0. The first kappa shape index (κ1) is 83.5. The van der Waals surface area contributed by atoms with E-state index in [4.69, 9.17) is 61.6 Å². The van der Waals surface area contributed by atoms with E-state index in [0.717, 1.165) is 77.4 Å². The maximum atomic E-state index is 13.6. The van der Waals surface area contributed by atoms with Crippen molar-refractivity contribution in [3.63, 3.8) is 0 Å². The lowest BCUT2D eigenvalue weighted by Gasteiger charge is -2.24. The predicted molar refractivity (Wildman–Crippen MR) is 328 cm³/mol. The van der Waals surface area contributed by atoms with Gasteiger partial charge >= 0.3 is 23.9 Å². The zero-order valence-corrected chi connectivity index (χ0v) is 55.8. The van der Waals surface area contributed by atoms with Crippen molar-refractivity contribution in [1.82, 2.24) is 4.31 Å². The Morgan fingerprint density at radius 1 is 0.345 bits per heavy atom. The number of sulfonamides is 1. The molecule has 0 heterocycles. The molecule has 0 saturated heterocycles. The average molecular weight is 1230 g/mol. The first-order valence-corrected chi connectivity index (χ1v) is 34.0. The fraction of sp³-hybridized carbons (Fsp3) is 0.937. The van der Waals surface area contributed by atoms with Crippen LogP contribution in [0.5, 0.6) is 0 Å². The van der Waals surface area contributed by atoms with Crippen LogP contribution in [0, 0.1) is 23.7 Å². The fourth-order valence-electron chi connectivity index (χ4n) is 7.90. The van der Waals surface area contributed by atoms with Gasteiger partial charge in [-0.2, -0.15) is 4.31 Å². The molecule has 0 aliphatic rings. The molecule has 0 bridgehead atoms. The third-order valence-corrected chi connectivity index (χ3v) is 15.5. The van der Waals surface area contributed by atoms with Gasteiger partial charge in [0.05, 0.1) is 127 Å². The van der Waals surface area contributed by atoms with Crippen molar-refractivity contribution in [3.05, 3.63) is 0 Å². The predicted octanol–water partition coefficient (Wildman–Crippen LogP) is 10.8. The second-order valence-corrected chi connectivity index (χ2v) is 23.7. The van der Waals surface area contributed by atoms with Crippen LogP contribution in [0.15, 0.2) is 0 Å². The van der Waals surface area contributed by atoms with Crippen LogP contribution in [0.4, 0.5) is 0 Å². The highest BCUT2D eigenvalue weighted by atomic mass is 32.2. The fourth-order valence-corrected chi connectivity index (χ4v) is 9.49. The maximum Gasteiger partial charge on any atom is 0.309 e. The molecule has 7 unspecified atom stereocenters. The van der Waals surface area contributed by atoms with Gasteiger partial charge in [-0.25, -0.2) is 8.42 Å². The smallest absolute Gasteiger partial charge is 0.309 e. The van der Waals surface area contributed by atoms with Crippen LogP contribution in [0.1, 0.15) is 199 Å². The summed E-state index contributed by atoms with van der Waals surface area (Å²) in [5.41, 5.74) is 0. The number of carbonyl (C=O) groups is 4. The van der Waals surface area contributed by atoms with Crippen LogP contribution in [0.25, 0.3) is 0 Å². The molecular formula is C63H123NO19S. The summed E-state index contributed by atoms with van der Waals surface area (Å²) in [6.45, 7) is 31.5. The van der Waals surface area contributed by atoms with E-state index >= 15 is 0 Å². The van der Waals surface area contributed by atoms with E-state index in [-0.39, 0.29) is 108 Å². The average Bonchev–Trinajstić information content (AvgIpc) is 3.49. The summed E-state index contributed by atoms with van der Waals surface area (Å²) in [6, 6.07) is 0. The molecule has 20 nitrogen and oxygen atoms in total. The Hall–Kier alpha value is -2.57. The van der Waals surface area contributed by atoms with Crippen molar-refractivity contribution in [2.75, 3.05) is 144 Å². The van der Waals surface area contributed by atoms with Gasteiger partial charge in [-0.1, -0.05) is 120 Å². The van der Waals surface area contributed by atoms with Crippen LogP contribution in [0.2, 0.25) is 0 Å². The second kappa shape index (κ2) is 59.4. The number of nitrogens with zero attached hydrogens (tertiary/aromatic N) is 1. The molecule has 0 aliphatic carbocycles. The summed E-state index contributed by atoms with van der Waals surface area (Å²) in [4.78, 5) is 52.0. The molecule has 7 atom stereocenters. The van der Waals surface area contributed by atoms with E-state index in [2.05, 4.69) is 27.7 Å². The topological polar surface area (TPSA) is 226 Å². The molecule has 0 fully saturated rings. The summed E-state index contributed by atoms with van der Waals surface area (Å²) >= 11 is 0. The number of hydrogen-bond donors (Lipinski definition) is 0. The number of esters is 4. The van der Waals surface area contributed by atoms with Crippen molar-refractivity contribution >= 4 is 33.9 Å². The monoisotopic (exact) mass is 1230 g/mol. The first-order valence-electron chi connectivity index (χ1n) is 32.4. The van der Waals surface area contributed by atoms with Crippen molar-refractivity contribution in [2.24, 2.45) is 23.7 Å². The van der Waals surface area contributed by atoms with Gasteiger partial charge in [0, 0.05) is 32.9 Å². The minimum Gasteiger partial charge on any atom is -0.464 e. The number of ether oxygens (including phenoxy) is 13. The third kappa shape index (κ3) is 50.4. The normalized spacial score (nSPS) is 14.2. The van der Waals surface area contributed by atoms with Crippen molar-refractivity contribution in [3.8, 4) is 0 Å². The number of carbonyl (C=O) groups excluding carboxylic acids is 4. The largest absolute Gasteiger partial charge is 0.464 e. The molecule has 21 heteroatoms. The van der Waals surface area contributed by atoms with E-state index < -0.39 is 45.7 Å². The van der Waals surface area contributed by atoms with Gasteiger partial charge < -0.3 is 61.6 Å². The lowest BCUT2D eigenvalue weighted by Crippen LogP contribution is -2.37. The van der Waals surface area contributed by atoms with Crippen LogP contribution < -0.4 is 0 Å². The molecule has 0 spiro atoms. The van der Waals surface area contributed by atoms with Gasteiger partial charge in [-0.3, -0.25) is 19.2 Å². The summed E-state index contributed by atoms with van der Waals surface area (Å²) in [7, 11) is -3.52. The van der Waals surface area contributed by atoms with Gasteiger partial charge in [-0.15, -0.1) is 0 Å². The summed E-state index contributed by atoms with van der Waals surface area (Å²) in [5.74, 6) is -4.27. The van der Waals surface area contributed by atoms with E-state index in [1.807, 2.05) is 48.5 Å². The van der Waals surface area contributed by atoms with E-state index in [1.54, 1.807) is 6.92 Å². The third-order valence-electron chi connectivity index (χ3n) is 13.6. The van der Waals surface area contributed by atoms with Crippen molar-refractivity contribution < 1.29 is 89.2 Å². The highest BCUT2D eigenvalue weighted by Crippen LogP contribution is 2.26. The molecule has 0 saturated carbocycles. The molecule has 84 heavy (non-hydrogen) atoms. The molecule has 500 valence electrons.